The van der Waals surface area contributed by atoms with Gasteiger partial charge in [-0.15, -0.1) is 0 Å². The first-order valence-corrected chi connectivity index (χ1v) is 9.30. The number of aryl methyl sites for hydroxylation is 1. The Balaban J connectivity index is 1.68. The van der Waals surface area contributed by atoms with Crippen LogP contribution in [0.2, 0.25) is 0 Å². The summed E-state index contributed by atoms with van der Waals surface area (Å²) in [5.41, 5.74) is 2.02. The second-order valence-electron chi connectivity index (χ2n) is 6.76. The van der Waals surface area contributed by atoms with Crippen molar-refractivity contribution < 1.29 is 18.7 Å². The van der Waals surface area contributed by atoms with Gasteiger partial charge in [0.1, 0.15) is 11.5 Å². The molecule has 2 aromatic carbocycles. The van der Waals surface area contributed by atoms with E-state index < -0.39 is 12.1 Å². The maximum absolute atomic E-state index is 13.0. The van der Waals surface area contributed by atoms with Crippen LogP contribution in [0, 0.1) is 6.92 Å². The maximum atomic E-state index is 13.0. The fourth-order valence-corrected chi connectivity index (χ4v) is 3.16. The molecular formula is C24H19NO4. The van der Waals surface area contributed by atoms with Gasteiger partial charge in [-0.05, 0) is 38.1 Å². The van der Waals surface area contributed by atoms with E-state index in [1.807, 2.05) is 43.3 Å². The summed E-state index contributed by atoms with van der Waals surface area (Å²) in [7, 11) is 0. The first-order chi connectivity index (χ1) is 14.0. The highest BCUT2D eigenvalue weighted by atomic mass is 16.5. The SMILES string of the molecule is Cc1ccc(-c2cc(C(=O)O[C@@H](C)C(=O)c3ccccc3)c3ccccc3n2)o1. The van der Waals surface area contributed by atoms with Gasteiger partial charge in [0.25, 0.3) is 0 Å². The van der Waals surface area contributed by atoms with Crippen LogP contribution in [0.25, 0.3) is 22.4 Å². The molecular weight excluding hydrogens is 366 g/mol. The number of nitrogens with zero attached hydrogens (tertiary/aromatic N) is 1. The average Bonchev–Trinajstić information content (AvgIpc) is 3.19. The van der Waals surface area contributed by atoms with Crippen LogP contribution in [0.5, 0.6) is 0 Å². The molecule has 0 amide bonds. The van der Waals surface area contributed by atoms with Gasteiger partial charge in [0.05, 0.1) is 11.1 Å². The number of para-hydroxylation sites is 1. The van der Waals surface area contributed by atoms with Gasteiger partial charge in [0.15, 0.2) is 11.9 Å². The van der Waals surface area contributed by atoms with Gasteiger partial charge in [0.2, 0.25) is 5.78 Å². The number of rotatable bonds is 5. The van der Waals surface area contributed by atoms with E-state index in [1.54, 1.807) is 43.3 Å². The highest BCUT2D eigenvalue weighted by molar-refractivity contribution is 6.06. The Hall–Kier alpha value is -3.73. The third-order valence-electron chi connectivity index (χ3n) is 4.64. The zero-order valence-corrected chi connectivity index (χ0v) is 16.1. The van der Waals surface area contributed by atoms with Gasteiger partial charge in [0, 0.05) is 10.9 Å². The molecule has 0 aliphatic carbocycles. The lowest BCUT2D eigenvalue weighted by Crippen LogP contribution is -2.24. The molecule has 1 atom stereocenters. The number of fused-ring (bicyclic) bond motifs is 1. The molecule has 5 nitrogen and oxygen atoms in total. The van der Waals surface area contributed by atoms with E-state index in [0.29, 0.717) is 33.5 Å². The van der Waals surface area contributed by atoms with E-state index in [2.05, 4.69) is 4.98 Å². The molecule has 0 saturated heterocycles. The van der Waals surface area contributed by atoms with Crippen molar-refractivity contribution in [2.75, 3.05) is 0 Å². The van der Waals surface area contributed by atoms with Crippen molar-refractivity contribution in [1.29, 1.82) is 0 Å². The van der Waals surface area contributed by atoms with Gasteiger partial charge in [-0.2, -0.15) is 0 Å². The molecule has 0 fully saturated rings. The van der Waals surface area contributed by atoms with E-state index in [0.717, 1.165) is 5.76 Å². The Morgan fingerprint density at radius 3 is 2.41 bits per heavy atom. The third-order valence-corrected chi connectivity index (χ3v) is 4.64. The monoisotopic (exact) mass is 385 g/mol. The number of benzene rings is 2. The van der Waals surface area contributed by atoms with Crippen molar-refractivity contribution in [3.63, 3.8) is 0 Å². The van der Waals surface area contributed by atoms with Crippen LogP contribution >= 0.6 is 0 Å². The van der Waals surface area contributed by atoms with Crippen molar-refractivity contribution in [2.24, 2.45) is 0 Å². The minimum atomic E-state index is -0.911. The van der Waals surface area contributed by atoms with Gasteiger partial charge in [-0.1, -0.05) is 48.5 Å². The fourth-order valence-electron chi connectivity index (χ4n) is 3.16. The van der Waals surface area contributed by atoms with Crippen LogP contribution in [-0.2, 0) is 4.74 Å². The quantitative estimate of drug-likeness (QED) is 0.347. The summed E-state index contributed by atoms with van der Waals surface area (Å²) in [6, 6.07) is 21.4. The molecule has 144 valence electrons. The van der Waals surface area contributed by atoms with Crippen LogP contribution in [0.3, 0.4) is 0 Å². The Morgan fingerprint density at radius 1 is 0.966 bits per heavy atom. The molecule has 4 rings (SSSR count). The Kier molecular flexibility index (Phi) is 4.96. The predicted molar refractivity (Wildman–Crippen MR) is 110 cm³/mol. The zero-order valence-electron chi connectivity index (χ0n) is 16.1. The van der Waals surface area contributed by atoms with E-state index in [-0.39, 0.29) is 5.78 Å². The molecule has 0 aliphatic rings. The molecule has 0 unspecified atom stereocenters. The van der Waals surface area contributed by atoms with Crippen molar-refractivity contribution >= 4 is 22.7 Å². The van der Waals surface area contributed by atoms with Crippen molar-refractivity contribution in [3.05, 3.63) is 89.7 Å². The van der Waals surface area contributed by atoms with Crippen molar-refractivity contribution in [2.45, 2.75) is 20.0 Å². The number of ether oxygens (including phenoxy) is 1. The van der Waals surface area contributed by atoms with Crippen LogP contribution in [0.1, 0.15) is 33.4 Å². The molecule has 5 heteroatoms. The highest BCUT2D eigenvalue weighted by Gasteiger charge is 2.23. The largest absolute Gasteiger partial charge is 0.460 e. The molecule has 2 aromatic heterocycles. The number of hydrogen-bond donors (Lipinski definition) is 0. The molecule has 0 bridgehead atoms. The van der Waals surface area contributed by atoms with Crippen LogP contribution < -0.4 is 0 Å². The molecule has 0 radical (unpaired) electrons. The third kappa shape index (κ3) is 3.80. The van der Waals surface area contributed by atoms with Gasteiger partial charge in [-0.3, -0.25) is 4.79 Å². The van der Waals surface area contributed by atoms with Gasteiger partial charge in [-0.25, -0.2) is 9.78 Å². The molecule has 0 N–H and O–H groups in total. The van der Waals surface area contributed by atoms with Crippen molar-refractivity contribution in [3.8, 4) is 11.5 Å². The number of Topliss-reactive ketones (excluding diaryl/α,β-unsaturated/α-hetero) is 1. The number of ketones is 1. The summed E-state index contributed by atoms with van der Waals surface area (Å²) < 4.78 is 11.2. The number of carbonyl (C=O) groups is 2. The van der Waals surface area contributed by atoms with Crippen molar-refractivity contribution in [1.82, 2.24) is 4.98 Å². The lowest BCUT2D eigenvalue weighted by molar-refractivity contribution is 0.0320. The zero-order chi connectivity index (χ0) is 20.4. The topological polar surface area (TPSA) is 69.4 Å². The summed E-state index contributed by atoms with van der Waals surface area (Å²) in [5, 5.41) is 0.656. The lowest BCUT2D eigenvalue weighted by Gasteiger charge is -2.14. The molecule has 4 aromatic rings. The van der Waals surface area contributed by atoms with E-state index in [9.17, 15) is 9.59 Å². The minimum Gasteiger partial charge on any atom is -0.460 e. The smallest absolute Gasteiger partial charge is 0.339 e. The summed E-state index contributed by atoms with van der Waals surface area (Å²) in [4.78, 5) is 30.1. The van der Waals surface area contributed by atoms with Crippen LogP contribution in [-0.4, -0.2) is 22.8 Å². The molecule has 0 spiro atoms. The Bertz CT molecular complexity index is 1190. The van der Waals surface area contributed by atoms with Crippen LogP contribution in [0.15, 0.2) is 77.2 Å². The predicted octanol–water partition coefficient (Wildman–Crippen LogP) is 5.23. The van der Waals surface area contributed by atoms with Crippen LogP contribution in [0.4, 0.5) is 0 Å². The van der Waals surface area contributed by atoms with E-state index in [1.165, 1.54) is 0 Å². The molecule has 2 heterocycles. The number of furan rings is 1. The van der Waals surface area contributed by atoms with Gasteiger partial charge < -0.3 is 9.15 Å². The number of pyridine rings is 1. The summed E-state index contributed by atoms with van der Waals surface area (Å²) in [6.07, 6.45) is -0.911. The number of carbonyl (C=O) groups excluding carboxylic acids is 2. The summed E-state index contributed by atoms with van der Waals surface area (Å²) >= 11 is 0. The molecule has 0 aliphatic heterocycles. The first kappa shape index (κ1) is 18.6. The first-order valence-electron chi connectivity index (χ1n) is 9.30. The number of aromatic nitrogens is 1. The molecule has 29 heavy (non-hydrogen) atoms. The minimum absolute atomic E-state index is 0.251. The van der Waals surface area contributed by atoms with E-state index in [4.69, 9.17) is 9.15 Å². The summed E-state index contributed by atoms with van der Waals surface area (Å²) in [5.74, 6) is 0.487. The van der Waals surface area contributed by atoms with Gasteiger partial charge >= 0.3 is 5.97 Å². The number of esters is 1. The number of hydrogen-bond acceptors (Lipinski definition) is 5. The Morgan fingerprint density at radius 2 is 1.69 bits per heavy atom. The summed E-state index contributed by atoms with van der Waals surface area (Å²) in [6.45, 7) is 3.42. The fraction of sp³-hybridized carbons (Fsp3) is 0.125. The second-order valence-corrected chi connectivity index (χ2v) is 6.76. The Labute approximate surface area is 168 Å². The maximum Gasteiger partial charge on any atom is 0.339 e. The standard InChI is InChI=1S/C24H19NO4/c1-15-12-13-22(28-15)21-14-19(18-10-6-7-11-20(18)25-21)24(27)29-16(2)23(26)17-8-4-3-5-9-17/h3-14,16H,1-2H3/t16-/m0/s1. The molecule has 0 saturated carbocycles. The van der Waals surface area contributed by atoms with E-state index >= 15 is 0 Å². The highest BCUT2D eigenvalue weighted by Crippen LogP contribution is 2.27. The normalized spacial score (nSPS) is 11.9. The lowest BCUT2D eigenvalue weighted by atomic mass is 10.1. The average molecular weight is 385 g/mol. The second kappa shape index (κ2) is 7.72.